The Morgan fingerprint density at radius 3 is 2.65 bits per heavy atom. The van der Waals surface area contributed by atoms with Crippen LogP contribution >= 0.6 is 0 Å². The number of hydrogen-bond donors (Lipinski definition) is 5. The maximum Gasteiger partial charge on any atom is 0.488 e. The molecule has 6 N–H and O–H groups in total. The highest BCUT2D eigenvalue weighted by molar-refractivity contribution is 6.58. The van der Waals surface area contributed by atoms with Crippen molar-refractivity contribution in [3.63, 3.8) is 0 Å². The monoisotopic (exact) mass is 418 g/mol. The summed E-state index contributed by atoms with van der Waals surface area (Å²) >= 11 is 0. The Balaban J connectivity index is 1.69. The predicted molar refractivity (Wildman–Crippen MR) is 121 cm³/mol. The summed E-state index contributed by atoms with van der Waals surface area (Å²) < 4.78 is 0. The summed E-state index contributed by atoms with van der Waals surface area (Å²) in [4.78, 5) is 15.4. The molecule has 0 aliphatic rings. The van der Waals surface area contributed by atoms with E-state index < -0.39 is 7.12 Å². The molecule has 2 aromatic heterocycles. The largest absolute Gasteiger partial charge is 0.488 e. The fraction of sp³-hybridized carbons (Fsp3) is 0.200. The van der Waals surface area contributed by atoms with Crippen LogP contribution in [0.25, 0.3) is 22.4 Å². The van der Waals surface area contributed by atoms with Crippen molar-refractivity contribution in [1.82, 2.24) is 25.1 Å². The summed E-state index contributed by atoms with van der Waals surface area (Å²) in [6, 6.07) is 12.8. The molecule has 10 nitrogen and oxygen atoms in total. The molecule has 0 saturated carbocycles. The number of aromatic amines is 1. The number of aromatic nitrogens is 5. The third-order valence-electron chi connectivity index (χ3n) is 4.84. The molecule has 0 aliphatic carbocycles. The lowest BCUT2D eigenvalue weighted by Crippen LogP contribution is -2.30. The first kappa shape index (κ1) is 20.7. The van der Waals surface area contributed by atoms with Gasteiger partial charge < -0.3 is 26.0 Å². The molecule has 0 radical (unpaired) electrons. The van der Waals surface area contributed by atoms with Gasteiger partial charge in [0.2, 0.25) is 11.9 Å². The third-order valence-corrected chi connectivity index (χ3v) is 4.84. The molecule has 11 heteroatoms. The Bertz CT molecular complexity index is 1210. The van der Waals surface area contributed by atoms with Crippen molar-refractivity contribution >= 4 is 35.4 Å². The van der Waals surface area contributed by atoms with Crippen molar-refractivity contribution in [3.8, 4) is 11.5 Å². The summed E-state index contributed by atoms with van der Waals surface area (Å²) in [7, 11) is 2.18. The number of hydrogen-bond acceptors (Lipinski definition) is 9. The molecule has 0 atom stereocenters. The number of nitrogens with two attached hydrogens (primary N) is 1. The Hall–Kier alpha value is -3.54. The third kappa shape index (κ3) is 4.33. The summed E-state index contributed by atoms with van der Waals surface area (Å²) in [5.74, 6) is 1.30. The van der Waals surface area contributed by atoms with Crippen LogP contribution in [0.2, 0.25) is 0 Å². The van der Waals surface area contributed by atoms with Gasteiger partial charge in [-0.1, -0.05) is 42.5 Å². The van der Waals surface area contributed by atoms with Gasteiger partial charge >= 0.3 is 7.12 Å². The van der Waals surface area contributed by atoms with Crippen molar-refractivity contribution in [2.24, 2.45) is 5.73 Å². The van der Waals surface area contributed by atoms with Crippen LogP contribution in [0.3, 0.4) is 0 Å². The number of nitrogens with one attached hydrogen (secondary N) is 2. The molecule has 0 unspecified atom stereocenters. The van der Waals surface area contributed by atoms with Crippen LogP contribution in [0.1, 0.15) is 11.1 Å². The topological polar surface area (TPSA) is 149 Å². The van der Waals surface area contributed by atoms with E-state index in [1.807, 2.05) is 38.4 Å². The van der Waals surface area contributed by atoms with Gasteiger partial charge in [-0.2, -0.15) is 20.1 Å². The van der Waals surface area contributed by atoms with Gasteiger partial charge in [-0.15, -0.1) is 0 Å². The zero-order valence-corrected chi connectivity index (χ0v) is 17.2. The predicted octanol–water partition coefficient (Wildman–Crippen LogP) is 0.231. The van der Waals surface area contributed by atoms with E-state index in [-0.39, 0.29) is 0 Å². The zero-order chi connectivity index (χ0) is 22.0. The van der Waals surface area contributed by atoms with E-state index >= 15 is 0 Å². The van der Waals surface area contributed by atoms with E-state index in [1.165, 1.54) is 0 Å². The van der Waals surface area contributed by atoms with Gasteiger partial charge in [0.1, 0.15) is 5.69 Å². The molecule has 4 aromatic rings. The molecule has 0 amide bonds. The van der Waals surface area contributed by atoms with Crippen molar-refractivity contribution in [1.29, 1.82) is 0 Å². The SMILES string of the molecule is CN(C)c1nc(NCc2cccc(B(O)O)c2)nc(-c2n[nH]c3c(CN)cccc23)n1. The smallest absolute Gasteiger partial charge is 0.423 e. The summed E-state index contributed by atoms with van der Waals surface area (Å²) in [5.41, 5.74) is 9.55. The molecule has 0 fully saturated rings. The zero-order valence-electron chi connectivity index (χ0n) is 17.2. The van der Waals surface area contributed by atoms with E-state index in [0.29, 0.717) is 42.0 Å². The first-order valence-electron chi connectivity index (χ1n) is 9.75. The molecule has 31 heavy (non-hydrogen) atoms. The molecule has 2 heterocycles. The highest BCUT2D eigenvalue weighted by Gasteiger charge is 2.17. The molecule has 0 bridgehead atoms. The Labute approximate surface area is 179 Å². The first-order valence-corrected chi connectivity index (χ1v) is 9.75. The minimum atomic E-state index is -1.52. The van der Waals surface area contributed by atoms with Crippen LogP contribution in [0.5, 0.6) is 0 Å². The lowest BCUT2D eigenvalue weighted by Gasteiger charge is -2.13. The lowest BCUT2D eigenvalue weighted by molar-refractivity contribution is 0.425. The number of fused-ring (bicyclic) bond motifs is 1. The Kier molecular flexibility index (Phi) is 5.80. The highest BCUT2D eigenvalue weighted by atomic mass is 16.4. The summed E-state index contributed by atoms with van der Waals surface area (Å²) in [5, 5.41) is 30.3. The second kappa shape index (κ2) is 8.68. The van der Waals surface area contributed by atoms with Crippen LogP contribution in [0, 0.1) is 0 Å². The Morgan fingerprint density at radius 1 is 1.10 bits per heavy atom. The number of para-hydroxylation sites is 1. The van der Waals surface area contributed by atoms with Crippen LogP contribution in [-0.2, 0) is 13.1 Å². The van der Waals surface area contributed by atoms with E-state index in [2.05, 4.69) is 30.5 Å². The molecule has 4 rings (SSSR count). The number of rotatable bonds is 7. The first-order chi connectivity index (χ1) is 15.0. The minimum absolute atomic E-state index is 0.384. The Morgan fingerprint density at radius 2 is 1.90 bits per heavy atom. The van der Waals surface area contributed by atoms with Crippen LogP contribution in [-0.4, -0.2) is 56.4 Å². The van der Waals surface area contributed by atoms with Gasteiger partial charge in [0.25, 0.3) is 0 Å². The number of H-pyrrole nitrogens is 1. The fourth-order valence-corrected chi connectivity index (χ4v) is 3.24. The maximum absolute atomic E-state index is 9.38. The maximum atomic E-state index is 9.38. The summed E-state index contributed by atoms with van der Waals surface area (Å²) in [6.07, 6.45) is 0. The summed E-state index contributed by atoms with van der Waals surface area (Å²) in [6.45, 7) is 0.795. The molecular formula is C20H23BN8O2. The normalized spacial score (nSPS) is 11.0. The van der Waals surface area contributed by atoms with Gasteiger partial charge in [0.15, 0.2) is 5.82 Å². The average molecular weight is 418 g/mol. The second-order valence-electron chi connectivity index (χ2n) is 7.27. The quantitative estimate of drug-likeness (QED) is 0.266. The second-order valence-corrected chi connectivity index (χ2v) is 7.27. The standard InChI is InChI=1S/C20H23BN8O2/c1-29(2)20-25-18(17-15-8-4-6-13(10-22)16(15)27-28-17)24-19(26-20)23-11-12-5-3-7-14(9-12)21(30)31/h3-9,30-31H,10-11,22H2,1-2H3,(H,27,28)(H,23,24,25,26). The molecule has 158 valence electrons. The van der Waals surface area contributed by atoms with Gasteiger partial charge in [0.05, 0.1) is 5.52 Å². The van der Waals surface area contributed by atoms with Crippen molar-refractivity contribution in [2.45, 2.75) is 13.1 Å². The fourth-order valence-electron chi connectivity index (χ4n) is 3.24. The molecule has 0 saturated heterocycles. The molecule has 2 aromatic carbocycles. The van der Waals surface area contributed by atoms with E-state index in [9.17, 15) is 10.0 Å². The molecular weight excluding hydrogens is 395 g/mol. The lowest BCUT2D eigenvalue weighted by atomic mass is 9.80. The van der Waals surface area contributed by atoms with E-state index in [0.717, 1.165) is 22.0 Å². The molecule has 0 spiro atoms. The van der Waals surface area contributed by atoms with Crippen molar-refractivity contribution < 1.29 is 10.0 Å². The van der Waals surface area contributed by atoms with Crippen molar-refractivity contribution in [2.75, 3.05) is 24.3 Å². The number of anilines is 2. The number of nitrogens with zero attached hydrogens (tertiary/aromatic N) is 5. The van der Waals surface area contributed by atoms with E-state index in [4.69, 9.17) is 5.73 Å². The van der Waals surface area contributed by atoms with Gasteiger partial charge in [0, 0.05) is 32.6 Å². The van der Waals surface area contributed by atoms with Gasteiger partial charge in [-0.25, -0.2) is 0 Å². The number of benzene rings is 2. The van der Waals surface area contributed by atoms with Crippen LogP contribution in [0.15, 0.2) is 42.5 Å². The van der Waals surface area contributed by atoms with Gasteiger partial charge in [-0.3, -0.25) is 5.10 Å². The highest BCUT2D eigenvalue weighted by Crippen LogP contribution is 2.27. The van der Waals surface area contributed by atoms with Crippen LogP contribution < -0.4 is 21.4 Å². The van der Waals surface area contributed by atoms with Crippen molar-refractivity contribution in [3.05, 3.63) is 53.6 Å². The van der Waals surface area contributed by atoms with Crippen LogP contribution in [0.4, 0.5) is 11.9 Å². The minimum Gasteiger partial charge on any atom is -0.423 e. The average Bonchev–Trinajstić information content (AvgIpc) is 3.22. The van der Waals surface area contributed by atoms with Gasteiger partial charge in [-0.05, 0) is 16.6 Å². The van der Waals surface area contributed by atoms with E-state index in [1.54, 1.807) is 23.1 Å². The molecule has 0 aliphatic heterocycles.